The molecule has 3 aromatic rings. The molecule has 0 saturated heterocycles. The van der Waals surface area contributed by atoms with Crippen molar-refractivity contribution in [1.82, 2.24) is 20.1 Å². The van der Waals surface area contributed by atoms with Gasteiger partial charge in [0.05, 0.1) is 6.54 Å². The van der Waals surface area contributed by atoms with Crippen LogP contribution in [-0.4, -0.2) is 26.7 Å². The number of carbonyl (C=O) groups excluding carboxylic acids is 1. The molecule has 1 aliphatic heterocycles. The zero-order chi connectivity index (χ0) is 16.5. The van der Waals surface area contributed by atoms with Crippen molar-refractivity contribution in [1.29, 1.82) is 0 Å². The van der Waals surface area contributed by atoms with Crippen LogP contribution in [0, 0.1) is 5.82 Å². The standard InChI is InChI=1S/C17H15FN4O2/c18-12-3-1-11(2-4-12)14-6-7-15(24-14)17(23)21-13-5-8-16-19-10-20-22(16)9-13/h1-4,6-7,10,13H,5,8-9H2,(H,21,23). The van der Waals surface area contributed by atoms with E-state index in [4.69, 9.17) is 4.42 Å². The van der Waals surface area contributed by atoms with Crippen molar-refractivity contribution in [3.8, 4) is 11.3 Å². The van der Waals surface area contributed by atoms with Gasteiger partial charge < -0.3 is 9.73 Å². The van der Waals surface area contributed by atoms with Gasteiger partial charge in [-0.3, -0.25) is 4.79 Å². The smallest absolute Gasteiger partial charge is 0.287 e. The number of aromatic nitrogens is 3. The number of furan rings is 1. The normalized spacial score (nSPS) is 16.6. The predicted molar refractivity (Wildman–Crippen MR) is 83.7 cm³/mol. The summed E-state index contributed by atoms with van der Waals surface area (Å²) in [6, 6.07) is 9.26. The lowest BCUT2D eigenvalue weighted by atomic mass is 10.1. The summed E-state index contributed by atoms with van der Waals surface area (Å²) < 4.78 is 20.4. The van der Waals surface area contributed by atoms with Crippen LogP contribution in [0.5, 0.6) is 0 Å². The number of rotatable bonds is 3. The molecule has 3 heterocycles. The van der Waals surface area contributed by atoms with Crippen molar-refractivity contribution in [2.75, 3.05) is 0 Å². The third-order valence-corrected chi connectivity index (χ3v) is 4.10. The molecule has 0 bridgehead atoms. The first-order valence-corrected chi connectivity index (χ1v) is 7.72. The minimum absolute atomic E-state index is 0.00827. The Morgan fingerprint density at radius 1 is 1.25 bits per heavy atom. The van der Waals surface area contributed by atoms with Gasteiger partial charge in [-0.15, -0.1) is 0 Å². The molecular weight excluding hydrogens is 311 g/mol. The number of carbonyl (C=O) groups is 1. The maximum absolute atomic E-state index is 13.0. The fourth-order valence-corrected chi connectivity index (χ4v) is 2.84. The molecule has 0 spiro atoms. The van der Waals surface area contributed by atoms with Crippen molar-refractivity contribution in [3.05, 3.63) is 60.1 Å². The van der Waals surface area contributed by atoms with Crippen LogP contribution in [0.3, 0.4) is 0 Å². The van der Waals surface area contributed by atoms with E-state index in [-0.39, 0.29) is 23.5 Å². The lowest BCUT2D eigenvalue weighted by Gasteiger charge is -2.23. The van der Waals surface area contributed by atoms with E-state index in [2.05, 4.69) is 15.4 Å². The predicted octanol–water partition coefficient (Wildman–Crippen LogP) is 2.42. The van der Waals surface area contributed by atoms with Crippen LogP contribution in [0.1, 0.15) is 22.8 Å². The van der Waals surface area contributed by atoms with E-state index >= 15 is 0 Å². The molecule has 1 atom stereocenters. The number of amides is 1. The maximum Gasteiger partial charge on any atom is 0.287 e. The van der Waals surface area contributed by atoms with Crippen molar-refractivity contribution >= 4 is 5.91 Å². The molecule has 1 amide bonds. The summed E-state index contributed by atoms with van der Waals surface area (Å²) >= 11 is 0. The van der Waals surface area contributed by atoms with Crippen LogP contribution < -0.4 is 5.32 Å². The number of hydrogen-bond acceptors (Lipinski definition) is 4. The van der Waals surface area contributed by atoms with Gasteiger partial charge >= 0.3 is 0 Å². The van der Waals surface area contributed by atoms with Crippen molar-refractivity contribution < 1.29 is 13.6 Å². The van der Waals surface area contributed by atoms with E-state index in [1.165, 1.54) is 18.5 Å². The second kappa shape index (κ2) is 5.92. The lowest BCUT2D eigenvalue weighted by Crippen LogP contribution is -2.41. The van der Waals surface area contributed by atoms with Crippen LogP contribution in [0.2, 0.25) is 0 Å². The first kappa shape index (κ1) is 14.6. The molecule has 24 heavy (non-hydrogen) atoms. The van der Waals surface area contributed by atoms with Gasteiger partial charge in [0.15, 0.2) is 5.76 Å². The third-order valence-electron chi connectivity index (χ3n) is 4.10. The highest BCUT2D eigenvalue weighted by atomic mass is 19.1. The van der Waals surface area contributed by atoms with Crippen LogP contribution in [0.15, 0.2) is 47.1 Å². The Labute approximate surface area is 137 Å². The van der Waals surface area contributed by atoms with E-state index in [9.17, 15) is 9.18 Å². The molecule has 2 aromatic heterocycles. The summed E-state index contributed by atoms with van der Waals surface area (Å²) in [5.74, 6) is 1.13. The summed E-state index contributed by atoms with van der Waals surface area (Å²) in [7, 11) is 0. The molecule has 122 valence electrons. The summed E-state index contributed by atoms with van der Waals surface area (Å²) in [6.07, 6.45) is 3.13. The molecule has 1 aliphatic rings. The van der Waals surface area contributed by atoms with Gasteiger partial charge in [-0.2, -0.15) is 5.10 Å². The highest BCUT2D eigenvalue weighted by molar-refractivity contribution is 5.92. The first-order valence-electron chi connectivity index (χ1n) is 7.72. The molecule has 7 heteroatoms. The lowest BCUT2D eigenvalue weighted by molar-refractivity contribution is 0.0899. The van der Waals surface area contributed by atoms with Crippen LogP contribution in [0.25, 0.3) is 11.3 Å². The average molecular weight is 326 g/mol. The largest absolute Gasteiger partial charge is 0.451 e. The van der Waals surface area contributed by atoms with E-state index in [0.29, 0.717) is 12.3 Å². The Hall–Kier alpha value is -2.96. The summed E-state index contributed by atoms with van der Waals surface area (Å²) in [5.41, 5.74) is 0.723. The summed E-state index contributed by atoms with van der Waals surface area (Å²) in [5, 5.41) is 7.10. The topological polar surface area (TPSA) is 73.0 Å². The number of fused-ring (bicyclic) bond motifs is 1. The molecular formula is C17H15FN4O2. The quantitative estimate of drug-likeness (QED) is 0.802. The fraction of sp³-hybridized carbons (Fsp3) is 0.235. The average Bonchev–Trinajstić information content (AvgIpc) is 3.24. The van der Waals surface area contributed by atoms with Gasteiger partial charge in [0.1, 0.15) is 23.7 Å². The van der Waals surface area contributed by atoms with Gasteiger partial charge in [-0.1, -0.05) is 0 Å². The maximum atomic E-state index is 13.0. The molecule has 1 unspecified atom stereocenters. The van der Waals surface area contributed by atoms with Crippen molar-refractivity contribution in [2.24, 2.45) is 0 Å². The molecule has 6 nitrogen and oxygen atoms in total. The van der Waals surface area contributed by atoms with E-state index < -0.39 is 0 Å². The number of nitrogens with one attached hydrogen (secondary N) is 1. The number of aryl methyl sites for hydroxylation is 1. The molecule has 0 aliphatic carbocycles. The second-order valence-corrected chi connectivity index (χ2v) is 5.74. The number of hydrogen-bond donors (Lipinski definition) is 1. The zero-order valence-corrected chi connectivity index (χ0v) is 12.8. The van der Waals surface area contributed by atoms with Crippen molar-refractivity contribution in [2.45, 2.75) is 25.4 Å². The monoisotopic (exact) mass is 326 g/mol. The molecule has 0 radical (unpaired) electrons. The summed E-state index contributed by atoms with van der Waals surface area (Å²) in [6.45, 7) is 0.604. The summed E-state index contributed by atoms with van der Waals surface area (Å²) in [4.78, 5) is 16.5. The van der Waals surface area contributed by atoms with Gasteiger partial charge in [-0.05, 0) is 42.8 Å². The molecule has 1 aromatic carbocycles. The highest BCUT2D eigenvalue weighted by Gasteiger charge is 2.23. The highest BCUT2D eigenvalue weighted by Crippen LogP contribution is 2.22. The molecule has 4 rings (SSSR count). The Kier molecular flexibility index (Phi) is 3.60. The molecule has 0 fully saturated rings. The van der Waals surface area contributed by atoms with E-state index in [1.54, 1.807) is 28.9 Å². The van der Waals surface area contributed by atoms with Crippen LogP contribution in [-0.2, 0) is 13.0 Å². The molecule has 1 N–H and O–H groups in total. The Balaban J connectivity index is 1.45. The van der Waals surface area contributed by atoms with Crippen molar-refractivity contribution in [3.63, 3.8) is 0 Å². The zero-order valence-electron chi connectivity index (χ0n) is 12.8. The molecule has 0 saturated carbocycles. The van der Waals surface area contributed by atoms with Gasteiger partial charge in [0.25, 0.3) is 5.91 Å². The first-order chi connectivity index (χ1) is 11.7. The SMILES string of the molecule is O=C(NC1CCc2ncnn2C1)c1ccc(-c2ccc(F)cc2)o1. The number of benzene rings is 1. The number of halogens is 1. The van der Waals surface area contributed by atoms with Gasteiger partial charge in [0.2, 0.25) is 0 Å². The Morgan fingerprint density at radius 2 is 2.08 bits per heavy atom. The van der Waals surface area contributed by atoms with Crippen LogP contribution >= 0.6 is 0 Å². The Morgan fingerprint density at radius 3 is 2.92 bits per heavy atom. The van der Waals surface area contributed by atoms with E-state index in [1.807, 2.05) is 0 Å². The minimum atomic E-state index is -0.312. The number of nitrogens with zero attached hydrogens (tertiary/aromatic N) is 3. The van der Waals surface area contributed by atoms with Gasteiger partial charge in [0, 0.05) is 18.0 Å². The minimum Gasteiger partial charge on any atom is -0.451 e. The van der Waals surface area contributed by atoms with Gasteiger partial charge in [-0.25, -0.2) is 14.1 Å². The third kappa shape index (κ3) is 2.80. The van der Waals surface area contributed by atoms with E-state index in [0.717, 1.165) is 24.2 Å². The Bertz CT molecular complexity index is 869. The fourth-order valence-electron chi connectivity index (χ4n) is 2.84. The second-order valence-electron chi connectivity index (χ2n) is 5.74. The van der Waals surface area contributed by atoms with Crippen LogP contribution in [0.4, 0.5) is 4.39 Å².